The molecule has 1 fully saturated rings. The van der Waals surface area contributed by atoms with Gasteiger partial charge in [-0.05, 0) is 73.0 Å². The molecule has 3 aromatic rings. The number of anilines is 1. The lowest BCUT2D eigenvalue weighted by Crippen LogP contribution is -2.35. The van der Waals surface area contributed by atoms with E-state index in [1.165, 1.54) is 10.6 Å². The molecule has 174 valence electrons. The molecule has 0 aliphatic carbocycles. The smallest absolute Gasteiger partial charge is 0.282 e. The number of hydrogen-bond acceptors (Lipinski definition) is 4. The molecule has 3 aromatic carbocycles. The van der Waals surface area contributed by atoms with E-state index >= 15 is 0 Å². The van der Waals surface area contributed by atoms with E-state index in [1.807, 2.05) is 37.3 Å². The number of carbonyl (C=O) groups excluding carboxylic acids is 2. The zero-order valence-electron chi connectivity index (χ0n) is 19.0. The fraction of sp³-hybridized carbons (Fsp3) is 0.185. The van der Waals surface area contributed by atoms with Crippen LogP contribution in [0.5, 0.6) is 11.5 Å². The molecule has 0 aromatic heterocycles. The average molecular weight is 521 g/mol. The van der Waals surface area contributed by atoms with E-state index in [0.29, 0.717) is 30.2 Å². The number of rotatable bonds is 8. The SMILES string of the molecule is CCc1cc(C)cc(OCCOc2ccc(Br)cc2C=C2C(=O)NN(c3ccccc3)C2=O)c1. The van der Waals surface area contributed by atoms with E-state index in [2.05, 4.69) is 34.3 Å². The van der Waals surface area contributed by atoms with Crippen molar-refractivity contribution in [1.82, 2.24) is 5.43 Å². The second-order valence-corrected chi connectivity index (χ2v) is 8.78. The van der Waals surface area contributed by atoms with Crippen molar-refractivity contribution >= 4 is 39.5 Å². The summed E-state index contributed by atoms with van der Waals surface area (Å²) in [4.78, 5) is 25.5. The zero-order valence-corrected chi connectivity index (χ0v) is 20.6. The van der Waals surface area contributed by atoms with Crippen LogP contribution in [0.3, 0.4) is 0 Å². The molecule has 34 heavy (non-hydrogen) atoms. The standard InChI is InChI=1S/C27H25BrN2O4/c1-3-19-13-18(2)14-23(15-19)33-11-12-34-25-10-9-21(28)16-20(25)17-24-26(31)29-30(27(24)32)22-7-5-4-6-8-22/h4-10,13-17H,3,11-12H2,1-2H3,(H,29,31). The molecule has 1 aliphatic heterocycles. The van der Waals surface area contributed by atoms with E-state index in [4.69, 9.17) is 9.47 Å². The minimum Gasteiger partial charge on any atom is -0.490 e. The second-order valence-electron chi connectivity index (χ2n) is 7.86. The maximum Gasteiger partial charge on any atom is 0.282 e. The van der Waals surface area contributed by atoms with Crippen LogP contribution in [-0.4, -0.2) is 25.0 Å². The fourth-order valence-electron chi connectivity index (χ4n) is 3.66. The predicted molar refractivity (Wildman–Crippen MR) is 136 cm³/mol. The quantitative estimate of drug-likeness (QED) is 0.250. The van der Waals surface area contributed by atoms with Crippen LogP contribution in [0.25, 0.3) is 6.08 Å². The van der Waals surface area contributed by atoms with E-state index in [9.17, 15) is 9.59 Å². The first-order valence-corrected chi connectivity index (χ1v) is 11.8. The van der Waals surface area contributed by atoms with E-state index in [1.54, 1.807) is 36.4 Å². The fourth-order valence-corrected chi connectivity index (χ4v) is 4.04. The molecule has 1 saturated heterocycles. The van der Waals surface area contributed by atoms with Gasteiger partial charge in [0.1, 0.15) is 30.3 Å². The van der Waals surface area contributed by atoms with Crippen molar-refractivity contribution < 1.29 is 19.1 Å². The maximum atomic E-state index is 12.9. The number of carbonyl (C=O) groups is 2. The summed E-state index contributed by atoms with van der Waals surface area (Å²) in [6.07, 6.45) is 2.50. The summed E-state index contributed by atoms with van der Waals surface area (Å²) in [5.74, 6) is 0.482. The molecule has 0 spiro atoms. The summed E-state index contributed by atoms with van der Waals surface area (Å²) in [7, 11) is 0. The van der Waals surface area contributed by atoms with Gasteiger partial charge >= 0.3 is 0 Å². The van der Waals surface area contributed by atoms with Crippen LogP contribution >= 0.6 is 15.9 Å². The number of nitrogens with zero attached hydrogens (tertiary/aromatic N) is 1. The minimum absolute atomic E-state index is 0.0370. The normalized spacial score (nSPS) is 14.4. The van der Waals surface area contributed by atoms with E-state index in [-0.39, 0.29) is 5.57 Å². The summed E-state index contributed by atoms with van der Waals surface area (Å²) in [6.45, 7) is 4.83. The first-order valence-electron chi connectivity index (χ1n) is 11.0. The monoisotopic (exact) mass is 520 g/mol. The van der Waals surface area contributed by atoms with Gasteiger partial charge in [-0.1, -0.05) is 47.1 Å². The second kappa shape index (κ2) is 10.6. The Morgan fingerprint density at radius 2 is 1.74 bits per heavy atom. The summed E-state index contributed by atoms with van der Waals surface area (Å²) < 4.78 is 12.6. The third-order valence-electron chi connectivity index (χ3n) is 5.31. The predicted octanol–water partition coefficient (Wildman–Crippen LogP) is 5.24. The van der Waals surface area contributed by atoms with E-state index < -0.39 is 11.8 Å². The van der Waals surface area contributed by atoms with Crippen LogP contribution in [0.1, 0.15) is 23.6 Å². The number of aryl methyl sites for hydroxylation is 2. The van der Waals surface area contributed by atoms with Gasteiger partial charge in [-0.15, -0.1) is 0 Å². The lowest BCUT2D eigenvalue weighted by molar-refractivity contribution is -0.117. The average Bonchev–Trinajstić information content (AvgIpc) is 3.11. The number of hydrogen-bond donors (Lipinski definition) is 1. The van der Waals surface area contributed by atoms with Crippen LogP contribution in [0.2, 0.25) is 0 Å². The molecular formula is C27H25BrN2O4. The van der Waals surface area contributed by atoms with Crippen LogP contribution < -0.4 is 19.9 Å². The highest BCUT2D eigenvalue weighted by Crippen LogP contribution is 2.28. The molecule has 0 radical (unpaired) electrons. The number of para-hydroxylation sites is 1. The molecule has 4 rings (SSSR count). The van der Waals surface area contributed by atoms with Gasteiger partial charge in [-0.2, -0.15) is 0 Å². The van der Waals surface area contributed by atoms with Crippen molar-refractivity contribution in [3.05, 3.63) is 93.5 Å². The van der Waals surface area contributed by atoms with Gasteiger partial charge in [0.25, 0.3) is 11.8 Å². The summed E-state index contributed by atoms with van der Waals surface area (Å²) in [6, 6.07) is 20.6. The number of hydrazine groups is 1. The Morgan fingerprint density at radius 1 is 0.971 bits per heavy atom. The third-order valence-corrected chi connectivity index (χ3v) is 5.80. The topological polar surface area (TPSA) is 67.9 Å². The Bertz CT molecular complexity index is 1240. The van der Waals surface area contributed by atoms with Gasteiger partial charge in [0.15, 0.2) is 0 Å². The van der Waals surface area contributed by atoms with Crippen molar-refractivity contribution in [2.75, 3.05) is 18.2 Å². The molecule has 0 saturated carbocycles. The molecule has 1 heterocycles. The number of amides is 2. The summed E-state index contributed by atoms with van der Waals surface area (Å²) >= 11 is 3.45. The molecule has 6 nitrogen and oxygen atoms in total. The molecule has 1 N–H and O–H groups in total. The molecule has 0 atom stereocenters. The van der Waals surface area contributed by atoms with Crippen molar-refractivity contribution in [2.45, 2.75) is 20.3 Å². The van der Waals surface area contributed by atoms with Gasteiger partial charge < -0.3 is 9.47 Å². The Kier molecular flexibility index (Phi) is 7.33. The summed E-state index contributed by atoms with van der Waals surface area (Å²) in [5.41, 5.74) is 6.24. The van der Waals surface area contributed by atoms with Crippen molar-refractivity contribution in [3.63, 3.8) is 0 Å². The Labute approximate surface area is 207 Å². The molecule has 2 amide bonds. The first kappa shape index (κ1) is 23.6. The van der Waals surface area contributed by atoms with Crippen LogP contribution in [0, 0.1) is 6.92 Å². The largest absolute Gasteiger partial charge is 0.490 e. The van der Waals surface area contributed by atoms with Gasteiger partial charge in [0, 0.05) is 10.0 Å². The van der Waals surface area contributed by atoms with Crippen LogP contribution in [0.4, 0.5) is 5.69 Å². The molecular weight excluding hydrogens is 496 g/mol. The number of halogens is 1. The highest BCUT2D eigenvalue weighted by molar-refractivity contribution is 9.10. The van der Waals surface area contributed by atoms with Crippen LogP contribution in [0.15, 0.2) is 76.8 Å². The highest BCUT2D eigenvalue weighted by atomic mass is 79.9. The van der Waals surface area contributed by atoms with Gasteiger partial charge in [-0.3, -0.25) is 15.0 Å². The van der Waals surface area contributed by atoms with Crippen molar-refractivity contribution in [2.24, 2.45) is 0 Å². The number of nitrogens with one attached hydrogen (secondary N) is 1. The Balaban J connectivity index is 1.47. The highest BCUT2D eigenvalue weighted by Gasteiger charge is 2.34. The maximum absolute atomic E-state index is 12.9. The number of ether oxygens (including phenoxy) is 2. The van der Waals surface area contributed by atoms with Gasteiger partial charge in [-0.25, -0.2) is 5.01 Å². The van der Waals surface area contributed by atoms with Gasteiger partial charge in [0.05, 0.1) is 5.69 Å². The lowest BCUT2D eigenvalue weighted by Gasteiger charge is -2.14. The zero-order chi connectivity index (χ0) is 24.1. The minimum atomic E-state index is -0.464. The Hall–Kier alpha value is -3.58. The van der Waals surface area contributed by atoms with Crippen molar-refractivity contribution in [1.29, 1.82) is 0 Å². The lowest BCUT2D eigenvalue weighted by atomic mass is 10.1. The third kappa shape index (κ3) is 5.48. The first-order chi connectivity index (χ1) is 16.4. The molecule has 0 bridgehead atoms. The van der Waals surface area contributed by atoms with Crippen molar-refractivity contribution in [3.8, 4) is 11.5 Å². The molecule has 1 aliphatic rings. The molecule has 0 unspecified atom stereocenters. The van der Waals surface area contributed by atoms with Gasteiger partial charge in [0.2, 0.25) is 0 Å². The van der Waals surface area contributed by atoms with Crippen LogP contribution in [-0.2, 0) is 16.0 Å². The van der Waals surface area contributed by atoms with E-state index in [0.717, 1.165) is 22.2 Å². The molecule has 7 heteroatoms. The summed E-state index contributed by atoms with van der Waals surface area (Å²) in [5, 5.41) is 1.24. The Morgan fingerprint density at radius 3 is 2.50 bits per heavy atom. The number of benzene rings is 3.